The minimum atomic E-state index is -3.50. The zero-order valence-electron chi connectivity index (χ0n) is 16.9. The maximum atomic E-state index is 12.7. The second kappa shape index (κ2) is 10.5. The number of ether oxygens (including phenoxy) is 1. The molecule has 0 radical (unpaired) electrons. The topological polar surface area (TPSA) is 79.0 Å². The van der Waals surface area contributed by atoms with E-state index in [1.807, 2.05) is 36.2 Å². The predicted octanol–water partition coefficient (Wildman–Crippen LogP) is 2.22. The Morgan fingerprint density at radius 2 is 1.80 bits per heavy atom. The molecule has 0 aromatic heterocycles. The maximum absolute atomic E-state index is 12.7. The van der Waals surface area contributed by atoms with Gasteiger partial charge in [-0.2, -0.15) is 4.31 Å². The fourth-order valence-electron chi connectivity index (χ4n) is 3.19. The van der Waals surface area contributed by atoms with Crippen LogP contribution in [0.4, 0.5) is 0 Å². The van der Waals surface area contributed by atoms with Crippen LogP contribution in [0.5, 0.6) is 0 Å². The number of morpholine rings is 1. The molecule has 2 aromatic carbocycles. The van der Waals surface area contributed by atoms with Gasteiger partial charge in [-0.3, -0.25) is 9.69 Å². The lowest BCUT2D eigenvalue weighted by Gasteiger charge is -2.26. The average Bonchev–Trinajstić information content (AvgIpc) is 2.75. The van der Waals surface area contributed by atoms with E-state index < -0.39 is 10.0 Å². The SMILES string of the molecule is CN(CC(=O)NCc1ccc(S(=O)(=O)N2CCOCC2)cc1)Cc1ccccc1Br. The van der Waals surface area contributed by atoms with Crippen molar-refractivity contribution in [2.45, 2.75) is 18.0 Å². The van der Waals surface area contributed by atoms with Crippen LogP contribution in [-0.2, 0) is 32.6 Å². The first-order valence-corrected chi connectivity index (χ1v) is 11.9. The number of carbonyl (C=O) groups excluding carboxylic acids is 1. The third-order valence-corrected chi connectivity index (χ3v) is 7.52. The average molecular weight is 496 g/mol. The van der Waals surface area contributed by atoms with Crippen molar-refractivity contribution in [1.82, 2.24) is 14.5 Å². The first-order chi connectivity index (χ1) is 14.4. The van der Waals surface area contributed by atoms with Crippen molar-refractivity contribution in [2.24, 2.45) is 0 Å². The number of hydrogen-bond acceptors (Lipinski definition) is 5. The number of halogens is 1. The molecule has 1 aliphatic heterocycles. The van der Waals surface area contributed by atoms with Gasteiger partial charge in [0.15, 0.2) is 0 Å². The summed E-state index contributed by atoms with van der Waals surface area (Å²) in [7, 11) is -1.61. The molecule has 9 heteroatoms. The second-order valence-corrected chi connectivity index (χ2v) is 9.99. The van der Waals surface area contributed by atoms with Gasteiger partial charge < -0.3 is 10.1 Å². The van der Waals surface area contributed by atoms with Crippen molar-refractivity contribution in [1.29, 1.82) is 0 Å². The lowest BCUT2D eigenvalue weighted by atomic mass is 10.2. The summed E-state index contributed by atoms with van der Waals surface area (Å²) in [5.74, 6) is -0.0884. The van der Waals surface area contributed by atoms with Gasteiger partial charge in [0.05, 0.1) is 24.7 Å². The summed E-state index contributed by atoms with van der Waals surface area (Å²) >= 11 is 3.52. The highest BCUT2D eigenvalue weighted by Crippen LogP contribution is 2.18. The van der Waals surface area contributed by atoms with Gasteiger partial charge >= 0.3 is 0 Å². The van der Waals surface area contributed by atoms with E-state index in [-0.39, 0.29) is 17.3 Å². The smallest absolute Gasteiger partial charge is 0.243 e. The molecule has 0 atom stereocenters. The van der Waals surface area contributed by atoms with Crippen LogP contribution >= 0.6 is 15.9 Å². The van der Waals surface area contributed by atoms with Crippen LogP contribution in [0.2, 0.25) is 0 Å². The van der Waals surface area contributed by atoms with Crippen LogP contribution in [0.25, 0.3) is 0 Å². The molecular weight excluding hydrogens is 470 g/mol. The highest BCUT2D eigenvalue weighted by atomic mass is 79.9. The lowest BCUT2D eigenvalue weighted by molar-refractivity contribution is -0.122. The summed E-state index contributed by atoms with van der Waals surface area (Å²) in [4.78, 5) is 14.5. The monoisotopic (exact) mass is 495 g/mol. The Balaban J connectivity index is 1.49. The summed E-state index contributed by atoms with van der Waals surface area (Å²) in [6.45, 7) is 2.84. The van der Waals surface area contributed by atoms with E-state index in [0.29, 0.717) is 39.4 Å². The van der Waals surface area contributed by atoms with E-state index >= 15 is 0 Å². The molecule has 1 saturated heterocycles. The van der Waals surface area contributed by atoms with E-state index in [2.05, 4.69) is 21.2 Å². The summed E-state index contributed by atoms with van der Waals surface area (Å²) in [5, 5.41) is 2.88. The van der Waals surface area contributed by atoms with E-state index in [9.17, 15) is 13.2 Å². The van der Waals surface area contributed by atoms with E-state index in [1.165, 1.54) is 4.31 Å². The fourth-order valence-corrected chi connectivity index (χ4v) is 5.01. The standard InChI is InChI=1S/C21H26BrN3O4S/c1-24(15-18-4-2-3-5-20(18)22)16-21(26)23-14-17-6-8-19(9-7-17)30(27,28)25-10-12-29-13-11-25/h2-9H,10-16H2,1H3,(H,23,26). The number of amides is 1. The van der Waals surface area contributed by atoms with Crippen LogP contribution in [0, 0.1) is 0 Å². The molecule has 1 aliphatic rings. The van der Waals surface area contributed by atoms with Crippen molar-refractivity contribution >= 4 is 31.9 Å². The van der Waals surface area contributed by atoms with Gasteiger partial charge in [-0.15, -0.1) is 0 Å². The Morgan fingerprint density at radius 1 is 1.13 bits per heavy atom. The molecule has 0 spiro atoms. The summed E-state index contributed by atoms with van der Waals surface area (Å²) in [5.41, 5.74) is 1.96. The Bertz CT molecular complexity index is 960. The first-order valence-electron chi connectivity index (χ1n) is 9.72. The molecule has 3 rings (SSSR count). The minimum Gasteiger partial charge on any atom is -0.379 e. The molecule has 162 valence electrons. The molecule has 0 aliphatic carbocycles. The highest BCUT2D eigenvalue weighted by Gasteiger charge is 2.26. The number of likely N-dealkylation sites (N-methyl/N-ethyl adjacent to an activating group) is 1. The minimum absolute atomic E-state index is 0.0884. The molecule has 0 unspecified atom stereocenters. The zero-order valence-corrected chi connectivity index (χ0v) is 19.3. The van der Waals surface area contributed by atoms with Gasteiger partial charge in [-0.25, -0.2) is 8.42 Å². The fraction of sp³-hybridized carbons (Fsp3) is 0.381. The maximum Gasteiger partial charge on any atom is 0.243 e. The largest absolute Gasteiger partial charge is 0.379 e. The molecule has 30 heavy (non-hydrogen) atoms. The van der Waals surface area contributed by atoms with Crippen molar-refractivity contribution < 1.29 is 17.9 Å². The zero-order chi connectivity index (χ0) is 21.6. The molecule has 1 fully saturated rings. The van der Waals surface area contributed by atoms with Gasteiger partial charge in [0, 0.05) is 30.7 Å². The van der Waals surface area contributed by atoms with Crippen molar-refractivity contribution in [3.8, 4) is 0 Å². The number of benzene rings is 2. The van der Waals surface area contributed by atoms with Crippen molar-refractivity contribution in [2.75, 3.05) is 39.9 Å². The number of carbonyl (C=O) groups is 1. The quantitative estimate of drug-likeness (QED) is 0.607. The molecule has 7 nitrogen and oxygen atoms in total. The molecule has 1 amide bonds. The van der Waals surface area contributed by atoms with Crippen molar-refractivity contribution in [3.63, 3.8) is 0 Å². The normalized spacial score (nSPS) is 15.3. The van der Waals surface area contributed by atoms with Gasteiger partial charge in [0.25, 0.3) is 0 Å². The lowest BCUT2D eigenvalue weighted by Crippen LogP contribution is -2.40. The summed E-state index contributed by atoms with van der Waals surface area (Å²) < 4.78 is 33.0. The molecular formula is C21H26BrN3O4S. The van der Waals surface area contributed by atoms with Crippen molar-refractivity contribution in [3.05, 3.63) is 64.1 Å². The van der Waals surface area contributed by atoms with Crippen LogP contribution in [-0.4, -0.2) is 63.4 Å². The van der Waals surface area contributed by atoms with E-state index in [0.717, 1.165) is 15.6 Å². The van der Waals surface area contributed by atoms with Gasteiger partial charge in [0.2, 0.25) is 15.9 Å². The third kappa shape index (κ3) is 6.12. The van der Waals surface area contributed by atoms with Crippen LogP contribution in [0.3, 0.4) is 0 Å². The number of nitrogens with zero attached hydrogens (tertiary/aromatic N) is 2. The van der Waals surface area contributed by atoms with Crippen LogP contribution in [0.15, 0.2) is 57.9 Å². The Hall–Kier alpha value is -1.78. The number of nitrogens with one attached hydrogen (secondary N) is 1. The third-order valence-electron chi connectivity index (χ3n) is 4.83. The first kappa shape index (κ1) is 22.9. The van der Waals surface area contributed by atoms with Gasteiger partial charge in [-0.1, -0.05) is 46.3 Å². The molecule has 0 saturated carbocycles. The molecule has 2 aromatic rings. The summed E-state index contributed by atoms with van der Waals surface area (Å²) in [6.07, 6.45) is 0. The van der Waals surface area contributed by atoms with E-state index in [1.54, 1.807) is 24.3 Å². The van der Waals surface area contributed by atoms with E-state index in [4.69, 9.17) is 4.74 Å². The number of rotatable bonds is 8. The Morgan fingerprint density at radius 3 is 2.47 bits per heavy atom. The van der Waals surface area contributed by atoms with Crippen LogP contribution < -0.4 is 5.32 Å². The second-order valence-electron chi connectivity index (χ2n) is 7.20. The Kier molecular flexibility index (Phi) is 8.01. The number of hydrogen-bond donors (Lipinski definition) is 1. The summed E-state index contributed by atoms with van der Waals surface area (Å²) in [6, 6.07) is 14.6. The van der Waals surface area contributed by atoms with Gasteiger partial charge in [-0.05, 0) is 36.4 Å². The molecule has 1 N–H and O–H groups in total. The van der Waals surface area contributed by atoms with Gasteiger partial charge in [0.1, 0.15) is 0 Å². The van der Waals surface area contributed by atoms with Crippen LogP contribution in [0.1, 0.15) is 11.1 Å². The predicted molar refractivity (Wildman–Crippen MR) is 118 cm³/mol. The Labute approximate surface area is 186 Å². The molecule has 1 heterocycles. The molecule has 0 bridgehead atoms. The number of sulfonamides is 1. The highest BCUT2D eigenvalue weighted by molar-refractivity contribution is 9.10.